The molecule has 0 aromatic rings. The highest BCUT2D eigenvalue weighted by Crippen LogP contribution is 2.14. The Bertz CT molecular complexity index is 129. The summed E-state index contributed by atoms with van der Waals surface area (Å²) in [6, 6.07) is 0. The molecule has 2 heteroatoms. The number of carboxylic acids is 1. The molecule has 58 valence electrons. The fraction of sp³-hybridized carbons (Fsp3) is 0.625. The standard InChI is InChI=1S/C8H14O2/c1-4-6(2)7(3)5-8(9)10/h4,6-7H,1,5H2,2-3H3,(H,9,10). The van der Waals surface area contributed by atoms with E-state index in [-0.39, 0.29) is 18.3 Å². The molecule has 0 bridgehead atoms. The van der Waals surface area contributed by atoms with E-state index in [9.17, 15) is 4.79 Å². The second kappa shape index (κ2) is 4.09. The summed E-state index contributed by atoms with van der Waals surface area (Å²) < 4.78 is 0. The van der Waals surface area contributed by atoms with E-state index >= 15 is 0 Å². The molecule has 0 saturated carbocycles. The highest BCUT2D eigenvalue weighted by molar-refractivity contribution is 5.67. The molecule has 0 fully saturated rings. The quantitative estimate of drug-likeness (QED) is 0.609. The zero-order valence-electron chi connectivity index (χ0n) is 6.50. The topological polar surface area (TPSA) is 37.3 Å². The number of aliphatic carboxylic acids is 1. The smallest absolute Gasteiger partial charge is 0.303 e. The van der Waals surface area contributed by atoms with Crippen LogP contribution in [0.1, 0.15) is 20.3 Å². The summed E-state index contributed by atoms with van der Waals surface area (Å²) in [7, 11) is 0. The number of hydrogen-bond acceptors (Lipinski definition) is 1. The largest absolute Gasteiger partial charge is 0.481 e. The average molecular weight is 142 g/mol. The maximum atomic E-state index is 10.2. The van der Waals surface area contributed by atoms with Gasteiger partial charge in [-0.1, -0.05) is 19.9 Å². The van der Waals surface area contributed by atoms with Crippen LogP contribution >= 0.6 is 0 Å². The van der Waals surface area contributed by atoms with Gasteiger partial charge in [-0.15, -0.1) is 6.58 Å². The third-order valence-electron chi connectivity index (χ3n) is 1.77. The van der Waals surface area contributed by atoms with Crippen LogP contribution in [0.4, 0.5) is 0 Å². The van der Waals surface area contributed by atoms with E-state index in [1.165, 1.54) is 0 Å². The normalized spacial score (nSPS) is 15.8. The van der Waals surface area contributed by atoms with Crippen LogP contribution in [0.3, 0.4) is 0 Å². The molecule has 0 saturated heterocycles. The lowest BCUT2D eigenvalue weighted by molar-refractivity contribution is -0.138. The maximum Gasteiger partial charge on any atom is 0.303 e. The first kappa shape index (κ1) is 9.21. The van der Waals surface area contributed by atoms with Gasteiger partial charge in [0.2, 0.25) is 0 Å². The van der Waals surface area contributed by atoms with Crippen molar-refractivity contribution in [3.8, 4) is 0 Å². The summed E-state index contributed by atoms with van der Waals surface area (Å²) in [5.74, 6) is -0.257. The maximum absolute atomic E-state index is 10.2. The predicted octanol–water partition coefficient (Wildman–Crippen LogP) is 1.92. The van der Waals surface area contributed by atoms with Gasteiger partial charge in [-0.05, 0) is 11.8 Å². The van der Waals surface area contributed by atoms with Gasteiger partial charge in [-0.25, -0.2) is 0 Å². The Hall–Kier alpha value is -0.790. The zero-order chi connectivity index (χ0) is 8.15. The van der Waals surface area contributed by atoms with Crippen LogP contribution in [-0.2, 0) is 4.79 Å². The fourth-order valence-corrected chi connectivity index (χ4v) is 0.694. The Morgan fingerprint density at radius 2 is 2.20 bits per heavy atom. The molecule has 10 heavy (non-hydrogen) atoms. The van der Waals surface area contributed by atoms with Crippen LogP contribution in [0.15, 0.2) is 12.7 Å². The van der Waals surface area contributed by atoms with Crippen LogP contribution in [0.5, 0.6) is 0 Å². The number of rotatable bonds is 4. The SMILES string of the molecule is C=CC(C)C(C)CC(=O)O. The second-order valence-corrected chi connectivity index (χ2v) is 2.67. The van der Waals surface area contributed by atoms with Gasteiger partial charge in [0.05, 0.1) is 0 Å². The Kier molecular flexibility index (Phi) is 3.77. The summed E-state index contributed by atoms with van der Waals surface area (Å²) in [4.78, 5) is 10.2. The van der Waals surface area contributed by atoms with E-state index in [1.54, 1.807) is 6.08 Å². The van der Waals surface area contributed by atoms with E-state index in [2.05, 4.69) is 6.58 Å². The van der Waals surface area contributed by atoms with Crippen molar-refractivity contribution in [1.29, 1.82) is 0 Å². The Morgan fingerprint density at radius 1 is 1.70 bits per heavy atom. The number of hydrogen-bond donors (Lipinski definition) is 1. The molecule has 0 aliphatic carbocycles. The minimum Gasteiger partial charge on any atom is -0.481 e. The zero-order valence-corrected chi connectivity index (χ0v) is 6.50. The molecule has 0 aromatic heterocycles. The molecule has 0 aliphatic heterocycles. The average Bonchev–Trinajstić information content (AvgIpc) is 1.85. The molecule has 1 N–H and O–H groups in total. The van der Waals surface area contributed by atoms with E-state index in [4.69, 9.17) is 5.11 Å². The molecule has 0 heterocycles. The molecule has 0 aliphatic rings. The molecule has 0 amide bonds. The van der Waals surface area contributed by atoms with Crippen molar-refractivity contribution in [2.24, 2.45) is 11.8 Å². The summed E-state index contributed by atoms with van der Waals surface area (Å²) in [5, 5.41) is 8.39. The van der Waals surface area contributed by atoms with Gasteiger partial charge in [0, 0.05) is 6.42 Å². The Morgan fingerprint density at radius 3 is 2.50 bits per heavy atom. The van der Waals surface area contributed by atoms with Gasteiger partial charge < -0.3 is 5.11 Å². The molecule has 0 radical (unpaired) electrons. The predicted molar refractivity (Wildman–Crippen MR) is 40.8 cm³/mol. The highest BCUT2D eigenvalue weighted by Gasteiger charge is 2.11. The van der Waals surface area contributed by atoms with Gasteiger partial charge in [-0.3, -0.25) is 4.79 Å². The van der Waals surface area contributed by atoms with Crippen molar-refractivity contribution in [2.45, 2.75) is 20.3 Å². The second-order valence-electron chi connectivity index (χ2n) is 2.67. The van der Waals surface area contributed by atoms with Crippen molar-refractivity contribution < 1.29 is 9.90 Å². The summed E-state index contributed by atoms with van der Waals surface area (Å²) in [6.45, 7) is 7.49. The number of carbonyl (C=O) groups is 1. The van der Waals surface area contributed by atoms with Crippen LogP contribution < -0.4 is 0 Å². The first-order chi connectivity index (χ1) is 4.57. The van der Waals surface area contributed by atoms with Crippen molar-refractivity contribution in [1.82, 2.24) is 0 Å². The lowest BCUT2D eigenvalue weighted by atomic mass is 9.93. The molecule has 0 aromatic carbocycles. The number of allylic oxidation sites excluding steroid dienone is 1. The first-order valence-electron chi connectivity index (χ1n) is 3.42. The first-order valence-corrected chi connectivity index (χ1v) is 3.42. The van der Waals surface area contributed by atoms with E-state index < -0.39 is 5.97 Å². The molecule has 0 spiro atoms. The van der Waals surface area contributed by atoms with Crippen LogP contribution in [0.25, 0.3) is 0 Å². The van der Waals surface area contributed by atoms with E-state index in [0.29, 0.717) is 0 Å². The van der Waals surface area contributed by atoms with Crippen LogP contribution in [0.2, 0.25) is 0 Å². The van der Waals surface area contributed by atoms with Gasteiger partial charge in [0.25, 0.3) is 0 Å². The molecule has 2 atom stereocenters. The van der Waals surface area contributed by atoms with Gasteiger partial charge in [0.15, 0.2) is 0 Å². The Labute approximate surface area is 61.6 Å². The monoisotopic (exact) mass is 142 g/mol. The lowest BCUT2D eigenvalue weighted by Crippen LogP contribution is -2.10. The minimum atomic E-state index is -0.735. The van der Waals surface area contributed by atoms with Crippen molar-refractivity contribution in [3.63, 3.8) is 0 Å². The molecular formula is C8H14O2. The van der Waals surface area contributed by atoms with Gasteiger partial charge in [0.1, 0.15) is 0 Å². The third-order valence-corrected chi connectivity index (χ3v) is 1.77. The van der Waals surface area contributed by atoms with E-state index in [1.807, 2.05) is 13.8 Å². The van der Waals surface area contributed by atoms with Crippen molar-refractivity contribution >= 4 is 5.97 Å². The number of carboxylic acid groups (broad SMARTS) is 1. The van der Waals surface area contributed by atoms with Gasteiger partial charge in [-0.2, -0.15) is 0 Å². The van der Waals surface area contributed by atoms with Gasteiger partial charge >= 0.3 is 5.97 Å². The summed E-state index contributed by atoms with van der Waals surface area (Å²) >= 11 is 0. The van der Waals surface area contributed by atoms with Crippen LogP contribution in [-0.4, -0.2) is 11.1 Å². The molecule has 2 unspecified atom stereocenters. The Balaban J connectivity index is 3.71. The highest BCUT2D eigenvalue weighted by atomic mass is 16.4. The third kappa shape index (κ3) is 3.28. The molecular weight excluding hydrogens is 128 g/mol. The lowest BCUT2D eigenvalue weighted by Gasteiger charge is -2.12. The minimum absolute atomic E-state index is 0.190. The fourth-order valence-electron chi connectivity index (χ4n) is 0.694. The van der Waals surface area contributed by atoms with Crippen molar-refractivity contribution in [2.75, 3.05) is 0 Å². The molecule has 0 rings (SSSR count). The molecule has 2 nitrogen and oxygen atoms in total. The summed E-state index contributed by atoms with van der Waals surface area (Å²) in [6.07, 6.45) is 2.01. The van der Waals surface area contributed by atoms with E-state index in [0.717, 1.165) is 0 Å². The van der Waals surface area contributed by atoms with Crippen LogP contribution in [0, 0.1) is 11.8 Å². The summed E-state index contributed by atoms with van der Waals surface area (Å²) in [5.41, 5.74) is 0. The van der Waals surface area contributed by atoms with Crippen molar-refractivity contribution in [3.05, 3.63) is 12.7 Å².